The number of carbonyl (C=O) groups excluding carboxylic acids is 1. The first-order chi connectivity index (χ1) is 23.0. The van der Waals surface area contributed by atoms with E-state index in [1.165, 1.54) is 0 Å². The average Bonchev–Trinajstić information content (AvgIpc) is 3.06. The molecule has 0 aliphatic carbocycles. The van der Waals surface area contributed by atoms with Crippen molar-refractivity contribution in [1.29, 1.82) is 0 Å². The number of ketones is 1. The molecular weight excluding hydrogens is 743 g/mol. The first-order valence-electron chi connectivity index (χ1n) is 18.0. The summed E-state index contributed by atoms with van der Waals surface area (Å²) < 4.78 is 32.4. The minimum atomic E-state index is -2.14. The Balaban J connectivity index is 2.04. The van der Waals surface area contributed by atoms with Crippen LogP contribution < -0.4 is 9.47 Å². The van der Waals surface area contributed by atoms with Crippen LogP contribution in [0.4, 0.5) is 0 Å². The standard InChI is InChI=1S/C41H65IO6Si/c1-29(25-31(3)39(30(2)23-24-42)47-28-35-16-20-37(45-10)21-17-35)13-22-38(43)33(5)40(48-49(11,12)41(6,7)8)32(4)26-46-27-34-14-18-36(44-9)19-15-34/h14-21,23-24,29-33,39-40H,13,22,25-28H2,1-12H3/b24-23-/t29-,30-,31-,32-,33-,39-,40-/m0/s1. The summed E-state index contributed by atoms with van der Waals surface area (Å²) in [5.74, 6) is 2.81. The van der Waals surface area contributed by atoms with Crippen molar-refractivity contribution in [2.75, 3.05) is 20.8 Å². The Labute approximate surface area is 313 Å². The third-order valence-electron chi connectivity index (χ3n) is 10.3. The molecule has 7 atom stereocenters. The van der Waals surface area contributed by atoms with Gasteiger partial charge in [-0.1, -0.05) is 108 Å². The van der Waals surface area contributed by atoms with Crippen LogP contribution in [0.25, 0.3) is 0 Å². The van der Waals surface area contributed by atoms with Crippen LogP contribution >= 0.6 is 22.6 Å². The molecule has 276 valence electrons. The van der Waals surface area contributed by atoms with Crippen molar-refractivity contribution in [2.45, 2.75) is 118 Å². The molecule has 0 amide bonds. The summed E-state index contributed by atoms with van der Waals surface area (Å²) in [5.41, 5.74) is 2.22. The minimum absolute atomic E-state index is 0.0396. The number of rotatable bonds is 22. The van der Waals surface area contributed by atoms with Gasteiger partial charge in [0.25, 0.3) is 0 Å². The van der Waals surface area contributed by atoms with E-state index in [-0.39, 0.29) is 40.8 Å². The van der Waals surface area contributed by atoms with E-state index >= 15 is 0 Å². The number of carbonyl (C=O) groups is 1. The van der Waals surface area contributed by atoms with Crippen molar-refractivity contribution in [3.05, 3.63) is 69.8 Å². The van der Waals surface area contributed by atoms with Gasteiger partial charge in [-0.15, -0.1) is 0 Å². The van der Waals surface area contributed by atoms with Crippen LogP contribution in [0.1, 0.15) is 85.8 Å². The molecule has 0 bridgehead atoms. The molecule has 0 heterocycles. The highest BCUT2D eigenvalue weighted by molar-refractivity contribution is 14.1. The van der Waals surface area contributed by atoms with Crippen molar-refractivity contribution in [1.82, 2.24) is 0 Å². The topological polar surface area (TPSA) is 63.2 Å². The van der Waals surface area contributed by atoms with Gasteiger partial charge in [-0.05, 0) is 82.3 Å². The van der Waals surface area contributed by atoms with Crippen LogP contribution in [0.5, 0.6) is 11.5 Å². The molecule has 0 saturated carbocycles. The molecule has 0 N–H and O–H groups in total. The molecule has 0 unspecified atom stereocenters. The molecule has 0 radical (unpaired) electrons. The zero-order chi connectivity index (χ0) is 36.8. The lowest BCUT2D eigenvalue weighted by Gasteiger charge is -2.42. The van der Waals surface area contributed by atoms with Crippen LogP contribution in [0.2, 0.25) is 18.1 Å². The Morgan fingerprint density at radius 1 is 0.816 bits per heavy atom. The lowest BCUT2D eigenvalue weighted by Crippen LogP contribution is -2.49. The fraction of sp³-hybridized carbons (Fsp3) is 0.634. The van der Waals surface area contributed by atoms with E-state index in [1.807, 2.05) is 36.4 Å². The monoisotopic (exact) mass is 808 g/mol. The highest BCUT2D eigenvalue weighted by atomic mass is 127. The van der Waals surface area contributed by atoms with Gasteiger partial charge in [0.2, 0.25) is 0 Å². The number of hydrogen-bond donors (Lipinski definition) is 0. The minimum Gasteiger partial charge on any atom is -0.497 e. The van der Waals surface area contributed by atoms with Crippen LogP contribution in [0.15, 0.2) is 58.7 Å². The van der Waals surface area contributed by atoms with Gasteiger partial charge in [0.1, 0.15) is 17.3 Å². The van der Waals surface area contributed by atoms with Gasteiger partial charge in [-0.25, -0.2) is 0 Å². The first-order valence-corrected chi connectivity index (χ1v) is 22.1. The van der Waals surface area contributed by atoms with Crippen molar-refractivity contribution < 1.29 is 28.2 Å². The van der Waals surface area contributed by atoms with E-state index in [0.717, 1.165) is 35.5 Å². The van der Waals surface area contributed by atoms with E-state index in [0.29, 0.717) is 38.1 Å². The molecule has 2 rings (SSSR count). The third-order valence-corrected chi connectivity index (χ3v) is 15.2. The lowest BCUT2D eigenvalue weighted by atomic mass is 9.83. The third kappa shape index (κ3) is 14.4. The zero-order valence-corrected chi connectivity index (χ0v) is 35.5. The van der Waals surface area contributed by atoms with E-state index in [4.69, 9.17) is 23.4 Å². The van der Waals surface area contributed by atoms with Gasteiger partial charge in [0.05, 0.1) is 46.2 Å². The Kier molecular flexibility index (Phi) is 18.6. The highest BCUT2D eigenvalue weighted by Crippen LogP contribution is 2.39. The van der Waals surface area contributed by atoms with Crippen molar-refractivity contribution in [2.24, 2.45) is 29.6 Å². The van der Waals surface area contributed by atoms with Gasteiger partial charge < -0.3 is 23.4 Å². The number of halogens is 1. The number of ether oxygens (including phenoxy) is 4. The quantitative estimate of drug-likeness (QED) is 0.0872. The largest absolute Gasteiger partial charge is 0.497 e. The summed E-state index contributed by atoms with van der Waals surface area (Å²) >= 11 is 2.29. The number of benzene rings is 2. The SMILES string of the molecule is COc1ccc(COC[C@H](C)[C@H](O[Si](C)(C)C(C)(C)C)[C@@H](C)C(=O)CC[C@H](C)C[C@H](C)[C@@H](OCc2ccc(OC)cc2)[C@@H](C)/C=C\I)cc1. The van der Waals surface area contributed by atoms with Gasteiger partial charge in [0.15, 0.2) is 8.32 Å². The Bertz CT molecular complexity index is 1260. The van der Waals surface area contributed by atoms with E-state index < -0.39 is 8.32 Å². The normalized spacial score (nSPS) is 16.8. The van der Waals surface area contributed by atoms with E-state index in [9.17, 15) is 4.79 Å². The molecule has 8 heteroatoms. The van der Waals surface area contributed by atoms with Gasteiger partial charge in [0, 0.05) is 24.2 Å². The molecule has 2 aromatic rings. The van der Waals surface area contributed by atoms with Crippen LogP contribution in [0, 0.1) is 29.6 Å². The molecular formula is C41H65IO6Si. The second-order valence-electron chi connectivity index (χ2n) is 15.6. The molecule has 0 aliphatic rings. The Morgan fingerprint density at radius 3 is 1.84 bits per heavy atom. The smallest absolute Gasteiger partial charge is 0.192 e. The second kappa shape index (κ2) is 21.0. The number of Topliss-reactive ketones (excluding diaryl/α,β-unsaturated/α-hetero) is 1. The highest BCUT2D eigenvalue weighted by Gasteiger charge is 2.42. The molecule has 0 spiro atoms. The van der Waals surface area contributed by atoms with E-state index in [2.05, 4.69) is 113 Å². The van der Waals surface area contributed by atoms with Crippen LogP contribution in [0.3, 0.4) is 0 Å². The molecule has 0 aliphatic heterocycles. The van der Waals surface area contributed by atoms with Crippen molar-refractivity contribution in [3.63, 3.8) is 0 Å². The zero-order valence-electron chi connectivity index (χ0n) is 32.4. The molecule has 2 aromatic carbocycles. The van der Waals surface area contributed by atoms with Crippen LogP contribution in [-0.4, -0.2) is 47.1 Å². The maximum atomic E-state index is 13.8. The second-order valence-corrected chi connectivity index (χ2v) is 21.1. The number of methoxy groups -OCH3 is 2. The van der Waals surface area contributed by atoms with Crippen molar-refractivity contribution in [3.8, 4) is 11.5 Å². The summed E-state index contributed by atoms with van der Waals surface area (Å²) in [6.07, 6.45) is 4.49. The fourth-order valence-electron chi connectivity index (χ4n) is 6.07. The summed E-state index contributed by atoms with van der Waals surface area (Å²) in [7, 11) is 1.21. The molecule has 0 saturated heterocycles. The summed E-state index contributed by atoms with van der Waals surface area (Å²) in [6, 6.07) is 16.0. The number of hydrogen-bond acceptors (Lipinski definition) is 6. The maximum absolute atomic E-state index is 13.8. The summed E-state index contributed by atoms with van der Waals surface area (Å²) in [4.78, 5) is 13.8. The van der Waals surface area contributed by atoms with Gasteiger partial charge in [-0.2, -0.15) is 0 Å². The molecule has 6 nitrogen and oxygen atoms in total. The molecule has 0 fully saturated rings. The van der Waals surface area contributed by atoms with E-state index in [1.54, 1.807) is 14.2 Å². The lowest BCUT2D eigenvalue weighted by molar-refractivity contribution is -0.127. The Morgan fingerprint density at radius 2 is 1.35 bits per heavy atom. The van der Waals surface area contributed by atoms with Crippen LogP contribution in [-0.2, 0) is 31.9 Å². The Hall–Kier alpha value is -1.72. The van der Waals surface area contributed by atoms with Gasteiger partial charge >= 0.3 is 0 Å². The first kappa shape index (κ1) is 43.4. The fourth-order valence-corrected chi connectivity index (χ4v) is 8.19. The van der Waals surface area contributed by atoms with Gasteiger partial charge in [-0.3, -0.25) is 4.79 Å². The predicted molar refractivity (Wildman–Crippen MR) is 214 cm³/mol. The summed E-state index contributed by atoms with van der Waals surface area (Å²) in [5, 5.41) is 0.0396. The molecule has 49 heavy (non-hydrogen) atoms. The summed E-state index contributed by atoms with van der Waals surface area (Å²) in [6.45, 7) is 23.9. The molecule has 0 aromatic heterocycles. The maximum Gasteiger partial charge on any atom is 0.192 e. The van der Waals surface area contributed by atoms with Crippen molar-refractivity contribution >= 4 is 36.7 Å². The predicted octanol–water partition coefficient (Wildman–Crippen LogP) is 11.1. The average molecular weight is 809 g/mol.